The molecule has 0 unspecified atom stereocenters. The molecule has 0 spiro atoms. The lowest BCUT2D eigenvalue weighted by molar-refractivity contribution is -0.386. The maximum atomic E-state index is 11.4. The van der Waals surface area contributed by atoms with Crippen molar-refractivity contribution in [1.82, 2.24) is 5.43 Å². The van der Waals surface area contributed by atoms with E-state index in [1.807, 2.05) is 0 Å². The van der Waals surface area contributed by atoms with Gasteiger partial charge in [-0.15, -0.1) is 0 Å². The maximum absolute atomic E-state index is 11.4. The summed E-state index contributed by atoms with van der Waals surface area (Å²) in [5.41, 5.74) is 1.19. The average molecular weight is 311 g/mol. The second-order valence-corrected chi connectivity index (χ2v) is 5.22. The number of phenolic OH excluding ortho intramolecular Hbond substituents is 1. The molecule has 0 aliphatic heterocycles. The number of carbonyl (C=O) groups is 1. The van der Waals surface area contributed by atoms with Crippen LogP contribution in [-0.4, -0.2) is 35.0 Å². The SMILES string of the molecule is COc1cc(/C=N/NC(=O)OC(C)(C)C)cc([N+](=O)[O-])c1O. The Labute approximate surface area is 126 Å². The first-order valence-electron chi connectivity index (χ1n) is 6.21. The molecule has 120 valence electrons. The van der Waals surface area contributed by atoms with Gasteiger partial charge in [-0.05, 0) is 26.8 Å². The summed E-state index contributed by atoms with van der Waals surface area (Å²) in [6.07, 6.45) is 0.405. The van der Waals surface area contributed by atoms with Gasteiger partial charge in [0.15, 0.2) is 5.75 Å². The van der Waals surface area contributed by atoms with Gasteiger partial charge >= 0.3 is 11.8 Å². The molecule has 9 nitrogen and oxygen atoms in total. The second kappa shape index (κ2) is 6.74. The first-order chi connectivity index (χ1) is 10.1. The normalized spacial score (nSPS) is 11.3. The number of rotatable bonds is 4. The van der Waals surface area contributed by atoms with Gasteiger partial charge in [0.25, 0.3) is 0 Å². The summed E-state index contributed by atoms with van der Waals surface area (Å²) in [6, 6.07) is 2.43. The van der Waals surface area contributed by atoms with Crippen molar-refractivity contribution in [2.24, 2.45) is 5.10 Å². The smallest absolute Gasteiger partial charge is 0.428 e. The molecule has 0 bridgehead atoms. The molecule has 0 fully saturated rings. The topological polar surface area (TPSA) is 123 Å². The molecule has 1 rings (SSSR count). The first-order valence-corrected chi connectivity index (χ1v) is 6.21. The number of nitrogens with zero attached hydrogens (tertiary/aromatic N) is 2. The van der Waals surface area contributed by atoms with Gasteiger partial charge in [-0.3, -0.25) is 10.1 Å². The number of phenols is 1. The summed E-state index contributed by atoms with van der Waals surface area (Å²) in [4.78, 5) is 21.5. The van der Waals surface area contributed by atoms with Crippen LogP contribution in [0.3, 0.4) is 0 Å². The van der Waals surface area contributed by atoms with Gasteiger partial charge in [0.1, 0.15) is 5.60 Å². The van der Waals surface area contributed by atoms with Crippen LogP contribution < -0.4 is 10.2 Å². The Hall–Kier alpha value is -2.84. The zero-order valence-corrected chi connectivity index (χ0v) is 12.6. The second-order valence-electron chi connectivity index (χ2n) is 5.22. The quantitative estimate of drug-likeness (QED) is 0.499. The van der Waals surface area contributed by atoms with Crippen molar-refractivity contribution in [1.29, 1.82) is 0 Å². The van der Waals surface area contributed by atoms with Crippen molar-refractivity contribution < 1.29 is 24.3 Å². The van der Waals surface area contributed by atoms with Gasteiger partial charge in [-0.25, -0.2) is 10.2 Å². The number of amides is 1. The van der Waals surface area contributed by atoms with E-state index in [0.29, 0.717) is 0 Å². The zero-order chi connectivity index (χ0) is 16.9. The third-order valence-electron chi connectivity index (χ3n) is 2.26. The molecule has 0 radical (unpaired) electrons. The van der Waals surface area contributed by atoms with Crippen molar-refractivity contribution in [2.45, 2.75) is 26.4 Å². The number of nitrogens with one attached hydrogen (secondary N) is 1. The third-order valence-corrected chi connectivity index (χ3v) is 2.26. The van der Waals surface area contributed by atoms with E-state index in [9.17, 15) is 20.0 Å². The van der Waals surface area contributed by atoms with E-state index in [1.54, 1.807) is 20.8 Å². The fourth-order valence-corrected chi connectivity index (χ4v) is 1.44. The highest BCUT2D eigenvalue weighted by molar-refractivity contribution is 5.84. The lowest BCUT2D eigenvalue weighted by atomic mass is 10.2. The van der Waals surface area contributed by atoms with Gasteiger partial charge in [0.2, 0.25) is 5.75 Å². The average Bonchev–Trinajstić information content (AvgIpc) is 2.37. The molecular formula is C13H17N3O6. The van der Waals surface area contributed by atoms with E-state index in [2.05, 4.69) is 10.5 Å². The Bertz CT molecular complexity index is 607. The van der Waals surface area contributed by atoms with Crippen LogP contribution in [0.4, 0.5) is 10.5 Å². The fourth-order valence-electron chi connectivity index (χ4n) is 1.44. The summed E-state index contributed by atoms with van der Waals surface area (Å²) in [5, 5.41) is 24.1. The minimum Gasteiger partial charge on any atom is -0.500 e. The highest BCUT2D eigenvalue weighted by Crippen LogP contribution is 2.36. The molecule has 1 amide bonds. The number of hydrogen-bond donors (Lipinski definition) is 2. The lowest BCUT2D eigenvalue weighted by Gasteiger charge is -2.18. The van der Waals surface area contributed by atoms with Crippen LogP contribution in [0.15, 0.2) is 17.2 Å². The minimum absolute atomic E-state index is 0.0760. The fraction of sp³-hybridized carbons (Fsp3) is 0.385. The molecule has 22 heavy (non-hydrogen) atoms. The largest absolute Gasteiger partial charge is 0.500 e. The van der Waals surface area contributed by atoms with Crippen LogP contribution in [0.1, 0.15) is 26.3 Å². The molecule has 9 heteroatoms. The van der Waals surface area contributed by atoms with Gasteiger partial charge in [-0.2, -0.15) is 5.10 Å². The molecule has 0 aromatic heterocycles. The van der Waals surface area contributed by atoms with Gasteiger partial charge < -0.3 is 14.6 Å². The Morgan fingerprint density at radius 3 is 2.59 bits per heavy atom. The molecule has 0 saturated heterocycles. The van der Waals surface area contributed by atoms with E-state index >= 15 is 0 Å². The molecular weight excluding hydrogens is 294 g/mol. The Balaban J connectivity index is 2.90. The number of aromatic hydroxyl groups is 1. The van der Waals surface area contributed by atoms with E-state index in [-0.39, 0.29) is 11.3 Å². The molecule has 1 aromatic carbocycles. The van der Waals surface area contributed by atoms with E-state index in [0.717, 1.165) is 6.07 Å². The molecule has 1 aromatic rings. The standard InChI is InChI=1S/C13H17N3O6/c1-13(2,3)22-12(18)15-14-7-8-5-9(16(19)20)11(17)10(6-8)21-4/h5-7,17H,1-4H3,(H,15,18)/b14-7+. The molecule has 2 N–H and O–H groups in total. The minimum atomic E-state index is -0.760. The van der Waals surface area contributed by atoms with E-state index in [4.69, 9.17) is 9.47 Å². The Morgan fingerprint density at radius 1 is 1.45 bits per heavy atom. The Kier molecular flexibility index (Phi) is 5.28. The number of ether oxygens (including phenoxy) is 2. The highest BCUT2D eigenvalue weighted by Gasteiger charge is 2.19. The van der Waals surface area contributed by atoms with Crippen LogP contribution in [0.5, 0.6) is 11.5 Å². The molecule has 0 heterocycles. The molecule has 0 saturated carbocycles. The number of nitro benzene ring substituents is 1. The molecule has 0 atom stereocenters. The predicted octanol–water partition coefficient (Wildman–Crippen LogP) is 2.17. The van der Waals surface area contributed by atoms with Crippen molar-refractivity contribution in [3.05, 3.63) is 27.8 Å². The molecule has 0 aliphatic carbocycles. The van der Waals surface area contributed by atoms with Gasteiger partial charge in [0.05, 0.1) is 18.2 Å². The Morgan fingerprint density at radius 2 is 2.09 bits per heavy atom. The van der Waals surface area contributed by atoms with Crippen LogP contribution in [0.25, 0.3) is 0 Å². The van der Waals surface area contributed by atoms with Crippen LogP contribution in [0.2, 0.25) is 0 Å². The number of hydrazone groups is 1. The van der Waals surface area contributed by atoms with Crippen molar-refractivity contribution in [3.8, 4) is 11.5 Å². The number of methoxy groups -OCH3 is 1. The summed E-state index contributed by atoms with van der Waals surface area (Å²) in [5.74, 6) is -0.655. The lowest BCUT2D eigenvalue weighted by Crippen LogP contribution is -2.29. The van der Waals surface area contributed by atoms with Crippen molar-refractivity contribution in [2.75, 3.05) is 7.11 Å². The van der Waals surface area contributed by atoms with E-state index < -0.39 is 28.1 Å². The molecule has 0 aliphatic rings. The van der Waals surface area contributed by atoms with Crippen LogP contribution in [-0.2, 0) is 4.74 Å². The third kappa shape index (κ3) is 4.93. The maximum Gasteiger partial charge on any atom is 0.428 e. The first kappa shape index (κ1) is 17.2. The van der Waals surface area contributed by atoms with Crippen LogP contribution in [0, 0.1) is 10.1 Å². The monoisotopic (exact) mass is 311 g/mol. The summed E-state index contributed by atoms with van der Waals surface area (Å²) < 4.78 is 9.81. The predicted molar refractivity (Wildman–Crippen MR) is 78.3 cm³/mol. The number of carbonyl (C=O) groups excluding carboxylic acids is 1. The summed E-state index contributed by atoms with van der Waals surface area (Å²) >= 11 is 0. The highest BCUT2D eigenvalue weighted by atomic mass is 16.6. The van der Waals surface area contributed by atoms with Gasteiger partial charge in [-0.1, -0.05) is 0 Å². The van der Waals surface area contributed by atoms with Crippen molar-refractivity contribution >= 4 is 18.0 Å². The van der Waals surface area contributed by atoms with Gasteiger partial charge in [0, 0.05) is 11.6 Å². The van der Waals surface area contributed by atoms with Crippen molar-refractivity contribution in [3.63, 3.8) is 0 Å². The summed E-state index contributed by atoms with van der Waals surface area (Å²) in [7, 11) is 1.26. The zero-order valence-electron chi connectivity index (χ0n) is 12.6. The number of hydrogen-bond acceptors (Lipinski definition) is 7. The van der Waals surface area contributed by atoms with Crippen LogP contribution >= 0.6 is 0 Å². The van der Waals surface area contributed by atoms with E-state index in [1.165, 1.54) is 19.4 Å². The number of benzene rings is 1. The number of nitro groups is 1. The summed E-state index contributed by atoms with van der Waals surface area (Å²) in [6.45, 7) is 5.10.